The van der Waals surface area contributed by atoms with Crippen LogP contribution in [0.4, 0.5) is 0 Å². The number of rotatable bonds is 0. The van der Waals surface area contributed by atoms with E-state index in [0.717, 1.165) is 13.0 Å². The number of ketones is 1. The van der Waals surface area contributed by atoms with E-state index in [1.807, 2.05) is 6.08 Å². The molecule has 0 aromatic heterocycles. The Morgan fingerprint density at radius 3 is 3.18 bits per heavy atom. The maximum Gasteiger partial charge on any atom is 0.159 e. The van der Waals surface area contributed by atoms with Crippen LogP contribution in [0, 0.1) is 0 Å². The summed E-state index contributed by atoms with van der Waals surface area (Å²) in [5, 5.41) is 0. The smallest absolute Gasteiger partial charge is 0.159 e. The minimum absolute atomic E-state index is 0.311. The van der Waals surface area contributed by atoms with Crippen molar-refractivity contribution in [2.75, 3.05) is 6.54 Å². The van der Waals surface area contributed by atoms with Gasteiger partial charge in [0.05, 0.1) is 0 Å². The molecule has 0 aromatic carbocycles. The predicted molar refractivity (Wildman–Crippen MR) is 43.1 cm³/mol. The minimum Gasteiger partial charge on any atom is -0.372 e. The van der Waals surface area contributed by atoms with Crippen LogP contribution < -0.4 is 0 Å². The Morgan fingerprint density at radius 1 is 1.55 bits per heavy atom. The first-order chi connectivity index (χ1) is 5.27. The Kier molecular flexibility index (Phi) is 1.48. The minimum atomic E-state index is 0.311. The molecule has 11 heavy (non-hydrogen) atoms. The number of carbonyl (C=O) groups excluding carboxylic acids is 1. The Hall–Kier alpha value is -0.790. The normalized spacial score (nSPS) is 30.3. The summed E-state index contributed by atoms with van der Waals surface area (Å²) in [6.07, 6.45) is 4.87. The molecule has 2 aliphatic heterocycles. The third kappa shape index (κ3) is 1.06. The van der Waals surface area contributed by atoms with Crippen molar-refractivity contribution >= 4 is 5.78 Å². The predicted octanol–water partition coefficient (Wildman–Crippen LogP) is 1.33. The SMILES string of the molecule is C[C@@H]1CCC2=CC(=O)CCN21. The van der Waals surface area contributed by atoms with Crippen LogP contribution in [-0.4, -0.2) is 23.3 Å². The van der Waals surface area contributed by atoms with Crippen molar-refractivity contribution in [1.29, 1.82) is 0 Å². The van der Waals surface area contributed by atoms with Gasteiger partial charge in [0.25, 0.3) is 0 Å². The van der Waals surface area contributed by atoms with Gasteiger partial charge in [0, 0.05) is 30.8 Å². The summed E-state index contributed by atoms with van der Waals surface area (Å²) in [4.78, 5) is 13.4. The topological polar surface area (TPSA) is 20.3 Å². The summed E-state index contributed by atoms with van der Waals surface area (Å²) in [5.74, 6) is 0.311. The first-order valence-electron chi connectivity index (χ1n) is 4.27. The van der Waals surface area contributed by atoms with Gasteiger partial charge in [0.1, 0.15) is 0 Å². The van der Waals surface area contributed by atoms with Crippen LogP contribution in [0.3, 0.4) is 0 Å². The van der Waals surface area contributed by atoms with Gasteiger partial charge in [-0.2, -0.15) is 0 Å². The summed E-state index contributed by atoms with van der Waals surface area (Å²) in [7, 11) is 0. The zero-order valence-electron chi connectivity index (χ0n) is 6.84. The van der Waals surface area contributed by atoms with E-state index in [4.69, 9.17) is 0 Å². The molecule has 0 spiro atoms. The van der Waals surface area contributed by atoms with Crippen molar-refractivity contribution in [2.45, 2.75) is 32.2 Å². The Labute approximate surface area is 66.9 Å². The molecule has 2 heteroatoms. The van der Waals surface area contributed by atoms with Crippen LogP contribution in [0.1, 0.15) is 26.2 Å². The molecule has 0 N–H and O–H groups in total. The van der Waals surface area contributed by atoms with E-state index in [1.165, 1.54) is 12.1 Å². The summed E-state index contributed by atoms with van der Waals surface area (Å²) in [6.45, 7) is 3.18. The Bertz CT molecular complexity index is 220. The van der Waals surface area contributed by atoms with E-state index in [9.17, 15) is 4.79 Å². The molecule has 2 aliphatic rings. The lowest BCUT2D eigenvalue weighted by atomic mass is 10.1. The lowest BCUT2D eigenvalue weighted by Crippen LogP contribution is -2.31. The molecule has 0 saturated carbocycles. The third-order valence-electron chi connectivity index (χ3n) is 2.65. The highest BCUT2D eigenvalue weighted by Gasteiger charge is 2.27. The van der Waals surface area contributed by atoms with Gasteiger partial charge in [0.2, 0.25) is 0 Å². The molecule has 2 nitrogen and oxygen atoms in total. The van der Waals surface area contributed by atoms with Crippen LogP contribution in [-0.2, 0) is 4.79 Å². The summed E-state index contributed by atoms with van der Waals surface area (Å²) in [6, 6.07) is 0.661. The third-order valence-corrected chi connectivity index (χ3v) is 2.65. The second-order valence-corrected chi connectivity index (χ2v) is 3.43. The Balaban J connectivity index is 2.24. The highest BCUT2D eigenvalue weighted by atomic mass is 16.1. The monoisotopic (exact) mass is 151 g/mol. The molecule has 60 valence electrons. The van der Waals surface area contributed by atoms with E-state index in [2.05, 4.69) is 11.8 Å². The number of hydrogen-bond acceptors (Lipinski definition) is 2. The van der Waals surface area contributed by atoms with Crippen LogP contribution in [0.15, 0.2) is 11.8 Å². The van der Waals surface area contributed by atoms with E-state index in [0.29, 0.717) is 18.2 Å². The molecule has 2 rings (SSSR count). The number of allylic oxidation sites excluding steroid dienone is 2. The molecular weight excluding hydrogens is 138 g/mol. The van der Waals surface area contributed by atoms with Gasteiger partial charge in [-0.05, 0) is 19.8 Å². The highest BCUT2D eigenvalue weighted by Crippen LogP contribution is 2.29. The zero-order valence-corrected chi connectivity index (χ0v) is 6.84. The van der Waals surface area contributed by atoms with Crippen molar-refractivity contribution < 1.29 is 4.79 Å². The van der Waals surface area contributed by atoms with Gasteiger partial charge in [0.15, 0.2) is 5.78 Å². The molecule has 0 aromatic rings. The first-order valence-corrected chi connectivity index (χ1v) is 4.27. The maximum atomic E-state index is 11.0. The molecular formula is C9H13NO. The van der Waals surface area contributed by atoms with Crippen LogP contribution >= 0.6 is 0 Å². The van der Waals surface area contributed by atoms with Gasteiger partial charge in [-0.15, -0.1) is 0 Å². The van der Waals surface area contributed by atoms with Gasteiger partial charge in [-0.3, -0.25) is 4.79 Å². The summed E-state index contributed by atoms with van der Waals surface area (Å²) in [5.41, 5.74) is 1.27. The molecule has 2 heterocycles. The lowest BCUT2D eigenvalue weighted by molar-refractivity contribution is -0.115. The molecule has 1 atom stereocenters. The van der Waals surface area contributed by atoms with Gasteiger partial charge < -0.3 is 4.90 Å². The first kappa shape index (κ1) is 6.89. The molecule has 0 bridgehead atoms. The van der Waals surface area contributed by atoms with Crippen LogP contribution in [0.25, 0.3) is 0 Å². The average Bonchev–Trinajstić information content (AvgIpc) is 2.32. The van der Waals surface area contributed by atoms with Crippen molar-refractivity contribution in [3.63, 3.8) is 0 Å². The van der Waals surface area contributed by atoms with E-state index < -0.39 is 0 Å². The standard InChI is InChI=1S/C9H13NO/c1-7-2-3-8-6-9(11)4-5-10(7)8/h6-7H,2-5H2,1H3/t7-/m1/s1. The van der Waals surface area contributed by atoms with Gasteiger partial charge >= 0.3 is 0 Å². The average molecular weight is 151 g/mol. The van der Waals surface area contributed by atoms with Crippen molar-refractivity contribution in [1.82, 2.24) is 4.90 Å². The molecule has 0 amide bonds. The largest absolute Gasteiger partial charge is 0.372 e. The van der Waals surface area contributed by atoms with E-state index in [1.54, 1.807) is 0 Å². The van der Waals surface area contributed by atoms with E-state index >= 15 is 0 Å². The second kappa shape index (κ2) is 2.36. The summed E-state index contributed by atoms with van der Waals surface area (Å²) >= 11 is 0. The van der Waals surface area contributed by atoms with Crippen molar-refractivity contribution in [2.24, 2.45) is 0 Å². The number of nitrogens with zero attached hydrogens (tertiary/aromatic N) is 1. The van der Waals surface area contributed by atoms with Crippen molar-refractivity contribution in [3.8, 4) is 0 Å². The fraction of sp³-hybridized carbons (Fsp3) is 0.667. The fourth-order valence-corrected chi connectivity index (χ4v) is 1.95. The lowest BCUT2D eigenvalue weighted by Gasteiger charge is -2.27. The number of hydrogen-bond donors (Lipinski definition) is 0. The quantitative estimate of drug-likeness (QED) is 0.520. The Morgan fingerprint density at radius 2 is 2.36 bits per heavy atom. The molecule has 0 radical (unpaired) electrons. The van der Waals surface area contributed by atoms with Gasteiger partial charge in [-0.1, -0.05) is 0 Å². The number of fused-ring (bicyclic) bond motifs is 1. The summed E-state index contributed by atoms with van der Waals surface area (Å²) < 4.78 is 0. The van der Waals surface area contributed by atoms with Crippen LogP contribution in [0.5, 0.6) is 0 Å². The molecule has 0 aliphatic carbocycles. The molecule has 1 saturated heterocycles. The molecule has 1 fully saturated rings. The van der Waals surface area contributed by atoms with Crippen LogP contribution in [0.2, 0.25) is 0 Å². The second-order valence-electron chi connectivity index (χ2n) is 3.43. The molecule has 0 unspecified atom stereocenters. The fourth-order valence-electron chi connectivity index (χ4n) is 1.95. The number of carbonyl (C=O) groups is 1. The maximum absolute atomic E-state index is 11.0. The van der Waals surface area contributed by atoms with E-state index in [-0.39, 0.29) is 0 Å². The highest BCUT2D eigenvalue weighted by molar-refractivity contribution is 5.91. The zero-order chi connectivity index (χ0) is 7.84. The van der Waals surface area contributed by atoms with Crippen molar-refractivity contribution in [3.05, 3.63) is 11.8 Å². The van der Waals surface area contributed by atoms with Gasteiger partial charge in [-0.25, -0.2) is 0 Å².